The van der Waals surface area contributed by atoms with Gasteiger partial charge in [0.25, 0.3) is 5.91 Å². The maximum absolute atomic E-state index is 12.8. The van der Waals surface area contributed by atoms with Gasteiger partial charge in [-0.1, -0.05) is 30.3 Å². The number of hydrogen-bond acceptors (Lipinski definition) is 4. The molecule has 0 radical (unpaired) electrons. The first-order valence-electron chi connectivity index (χ1n) is 8.89. The summed E-state index contributed by atoms with van der Waals surface area (Å²) < 4.78 is 11.3. The Balaban J connectivity index is 1.75. The van der Waals surface area contributed by atoms with Crippen LogP contribution in [0.5, 0.6) is 17.4 Å². The molecule has 1 aromatic heterocycles. The highest BCUT2D eigenvalue weighted by Crippen LogP contribution is 2.24. The molecule has 1 unspecified atom stereocenters. The van der Waals surface area contributed by atoms with Crippen LogP contribution in [0.15, 0.2) is 72.9 Å². The molecule has 1 N–H and O–H groups in total. The van der Waals surface area contributed by atoms with Gasteiger partial charge in [-0.15, -0.1) is 0 Å². The first-order valence-corrected chi connectivity index (χ1v) is 8.89. The van der Waals surface area contributed by atoms with Crippen LogP contribution in [0, 0.1) is 0 Å². The molecular weight excluding hydrogens is 340 g/mol. The number of para-hydroxylation sites is 1. The van der Waals surface area contributed by atoms with E-state index in [1.807, 2.05) is 68.4 Å². The van der Waals surface area contributed by atoms with Crippen molar-refractivity contribution >= 4 is 5.91 Å². The smallest absolute Gasteiger partial charge is 0.257 e. The Morgan fingerprint density at radius 3 is 2.59 bits per heavy atom. The van der Waals surface area contributed by atoms with Gasteiger partial charge in [-0.25, -0.2) is 4.98 Å². The van der Waals surface area contributed by atoms with Crippen molar-refractivity contribution in [1.29, 1.82) is 0 Å². The molecule has 1 heterocycles. The largest absolute Gasteiger partial charge is 0.494 e. The number of nitrogens with one attached hydrogen (secondary N) is 1. The number of rotatable bonds is 7. The van der Waals surface area contributed by atoms with Crippen LogP contribution >= 0.6 is 0 Å². The second kappa shape index (κ2) is 8.85. The molecule has 5 heteroatoms. The molecular formula is C22H22N2O3. The zero-order valence-electron chi connectivity index (χ0n) is 15.4. The van der Waals surface area contributed by atoms with Gasteiger partial charge < -0.3 is 14.8 Å². The molecule has 1 amide bonds. The lowest BCUT2D eigenvalue weighted by Crippen LogP contribution is -2.27. The van der Waals surface area contributed by atoms with Gasteiger partial charge in [0.15, 0.2) is 0 Å². The third-order valence-electron chi connectivity index (χ3n) is 3.99. The molecule has 0 aliphatic carbocycles. The molecule has 2 aromatic carbocycles. The Kier molecular flexibility index (Phi) is 6.05. The van der Waals surface area contributed by atoms with Gasteiger partial charge in [-0.3, -0.25) is 4.79 Å². The summed E-state index contributed by atoms with van der Waals surface area (Å²) in [5.74, 6) is 1.44. The number of aromatic nitrogens is 1. The van der Waals surface area contributed by atoms with E-state index in [9.17, 15) is 4.79 Å². The summed E-state index contributed by atoms with van der Waals surface area (Å²) in [5.41, 5.74) is 1.35. The molecule has 0 saturated carbocycles. The second-order valence-electron chi connectivity index (χ2n) is 5.97. The number of pyridine rings is 1. The standard InChI is InChI=1S/C22H22N2O3/c1-3-26-19-12-7-9-17(15-19)16(2)24-21(25)20-13-8-14-23-22(20)27-18-10-5-4-6-11-18/h4-16H,3H2,1-2H3,(H,24,25). The van der Waals surface area contributed by atoms with Crippen molar-refractivity contribution in [3.05, 3.63) is 84.1 Å². The molecule has 138 valence electrons. The summed E-state index contributed by atoms with van der Waals surface area (Å²) in [6.45, 7) is 4.46. The van der Waals surface area contributed by atoms with Crippen LogP contribution in [0.1, 0.15) is 35.8 Å². The zero-order valence-corrected chi connectivity index (χ0v) is 15.4. The SMILES string of the molecule is CCOc1cccc(C(C)NC(=O)c2cccnc2Oc2ccccc2)c1. The molecule has 0 saturated heterocycles. The molecule has 5 nitrogen and oxygen atoms in total. The highest BCUT2D eigenvalue weighted by molar-refractivity contribution is 5.96. The van der Waals surface area contributed by atoms with Crippen molar-refractivity contribution in [1.82, 2.24) is 10.3 Å². The zero-order chi connectivity index (χ0) is 19.1. The van der Waals surface area contributed by atoms with Crippen molar-refractivity contribution in [3.8, 4) is 17.4 Å². The molecule has 1 atom stereocenters. The van der Waals surface area contributed by atoms with E-state index in [1.165, 1.54) is 0 Å². The number of amides is 1. The van der Waals surface area contributed by atoms with Gasteiger partial charge in [-0.2, -0.15) is 0 Å². The van der Waals surface area contributed by atoms with Crippen molar-refractivity contribution in [2.75, 3.05) is 6.61 Å². The van der Waals surface area contributed by atoms with Crippen LogP contribution in [0.4, 0.5) is 0 Å². The fourth-order valence-electron chi connectivity index (χ4n) is 2.64. The van der Waals surface area contributed by atoms with Gasteiger partial charge in [0.2, 0.25) is 5.88 Å². The molecule has 0 spiro atoms. The highest BCUT2D eigenvalue weighted by Gasteiger charge is 2.17. The number of benzene rings is 2. The van der Waals surface area contributed by atoms with Gasteiger partial charge in [0.05, 0.1) is 12.6 Å². The van der Waals surface area contributed by atoms with Gasteiger partial charge in [0.1, 0.15) is 17.1 Å². The van der Waals surface area contributed by atoms with E-state index in [4.69, 9.17) is 9.47 Å². The van der Waals surface area contributed by atoms with Crippen LogP contribution < -0.4 is 14.8 Å². The van der Waals surface area contributed by atoms with E-state index in [2.05, 4.69) is 10.3 Å². The minimum atomic E-state index is -0.247. The molecule has 0 aliphatic rings. The van der Waals surface area contributed by atoms with Gasteiger partial charge in [-0.05, 0) is 55.8 Å². The lowest BCUT2D eigenvalue weighted by Gasteiger charge is -2.16. The third kappa shape index (κ3) is 4.85. The number of hydrogen-bond donors (Lipinski definition) is 1. The van der Waals surface area contributed by atoms with Crippen molar-refractivity contribution in [2.45, 2.75) is 19.9 Å². The minimum Gasteiger partial charge on any atom is -0.494 e. The van der Waals surface area contributed by atoms with E-state index < -0.39 is 0 Å². The quantitative estimate of drug-likeness (QED) is 0.658. The maximum Gasteiger partial charge on any atom is 0.257 e. The first-order chi connectivity index (χ1) is 13.2. The van der Waals surface area contributed by atoms with Crippen LogP contribution in [0.25, 0.3) is 0 Å². The summed E-state index contributed by atoms with van der Waals surface area (Å²) in [5, 5.41) is 2.99. The summed E-state index contributed by atoms with van der Waals surface area (Å²) in [4.78, 5) is 17.0. The Morgan fingerprint density at radius 1 is 1.04 bits per heavy atom. The van der Waals surface area contributed by atoms with Crippen LogP contribution in [-0.2, 0) is 0 Å². The van der Waals surface area contributed by atoms with E-state index in [-0.39, 0.29) is 17.8 Å². The number of carbonyl (C=O) groups excluding carboxylic acids is 1. The van der Waals surface area contributed by atoms with Gasteiger partial charge >= 0.3 is 0 Å². The van der Waals surface area contributed by atoms with E-state index in [1.54, 1.807) is 18.3 Å². The number of carbonyl (C=O) groups is 1. The van der Waals surface area contributed by atoms with E-state index >= 15 is 0 Å². The predicted molar refractivity (Wildman–Crippen MR) is 104 cm³/mol. The lowest BCUT2D eigenvalue weighted by atomic mass is 10.1. The van der Waals surface area contributed by atoms with Crippen LogP contribution in [0.2, 0.25) is 0 Å². The maximum atomic E-state index is 12.8. The monoisotopic (exact) mass is 362 g/mol. The predicted octanol–water partition coefficient (Wildman–Crippen LogP) is 4.76. The average Bonchev–Trinajstić information content (AvgIpc) is 2.69. The number of ether oxygens (including phenoxy) is 2. The second-order valence-corrected chi connectivity index (χ2v) is 5.97. The Morgan fingerprint density at radius 2 is 1.81 bits per heavy atom. The van der Waals surface area contributed by atoms with Crippen molar-refractivity contribution in [3.63, 3.8) is 0 Å². The van der Waals surface area contributed by atoms with E-state index in [0.29, 0.717) is 17.9 Å². The van der Waals surface area contributed by atoms with Gasteiger partial charge in [0, 0.05) is 6.20 Å². The normalized spacial score (nSPS) is 11.5. The Hall–Kier alpha value is -3.34. The fourth-order valence-corrected chi connectivity index (χ4v) is 2.64. The summed E-state index contributed by atoms with van der Waals surface area (Å²) in [6.07, 6.45) is 1.60. The fraction of sp³-hybridized carbons (Fsp3) is 0.182. The van der Waals surface area contributed by atoms with Crippen molar-refractivity contribution < 1.29 is 14.3 Å². The summed E-state index contributed by atoms with van der Waals surface area (Å²) in [6, 6.07) is 20.2. The molecule has 0 bridgehead atoms. The molecule has 27 heavy (non-hydrogen) atoms. The third-order valence-corrected chi connectivity index (χ3v) is 3.99. The Labute approximate surface area is 159 Å². The lowest BCUT2D eigenvalue weighted by molar-refractivity contribution is 0.0937. The highest BCUT2D eigenvalue weighted by atomic mass is 16.5. The molecule has 0 aliphatic heterocycles. The molecule has 0 fully saturated rings. The topological polar surface area (TPSA) is 60.5 Å². The average molecular weight is 362 g/mol. The number of nitrogens with zero attached hydrogens (tertiary/aromatic N) is 1. The summed E-state index contributed by atoms with van der Waals surface area (Å²) >= 11 is 0. The summed E-state index contributed by atoms with van der Waals surface area (Å²) in [7, 11) is 0. The first kappa shape index (κ1) is 18.5. The molecule has 3 rings (SSSR count). The van der Waals surface area contributed by atoms with Crippen LogP contribution in [0.3, 0.4) is 0 Å². The van der Waals surface area contributed by atoms with E-state index in [0.717, 1.165) is 11.3 Å². The van der Waals surface area contributed by atoms with Crippen LogP contribution in [-0.4, -0.2) is 17.5 Å². The minimum absolute atomic E-state index is 0.192. The Bertz CT molecular complexity index is 897. The molecule has 3 aromatic rings. The van der Waals surface area contributed by atoms with Crippen molar-refractivity contribution in [2.24, 2.45) is 0 Å².